The van der Waals surface area contributed by atoms with E-state index < -0.39 is 0 Å². The van der Waals surface area contributed by atoms with Crippen LogP contribution in [0, 0.1) is 6.92 Å². The molecular formula is C22H21N5OS. The van der Waals surface area contributed by atoms with Crippen LogP contribution in [-0.4, -0.2) is 25.7 Å². The molecule has 29 heavy (non-hydrogen) atoms. The van der Waals surface area contributed by atoms with Gasteiger partial charge in [-0.1, -0.05) is 36.4 Å². The van der Waals surface area contributed by atoms with Gasteiger partial charge in [0.2, 0.25) is 0 Å². The fourth-order valence-corrected chi connectivity index (χ4v) is 3.98. The highest BCUT2D eigenvalue weighted by Gasteiger charge is 2.19. The van der Waals surface area contributed by atoms with Crippen molar-refractivity contribution in [1.82, 2.24) is 25.1 Å². The SMILES string of the molecule is Cc1c(C(C)NC(=O)c2csc(Cc3ccccc3)n2)cnn1-c1ccccn1. The summed E-state index contributed by atoms with van der Waals surface area (Å²) in [7, 11) is 0. The van der Waals surface area contributed by atoms with Crippen LogP contribution in [0.15, 0.2) is 66.3 Å². The van der Waals surface area contributed by atoms with Crippen molar-refractivity contribution in [2.75, 3.05) is 0 Å². The van der Waals surface area contributed by atoms with Gasteiger partial charge in [-0.15, -0.1) is 11.3 Å². The zero-order valence-electron chi connectivity index (χ0n) is 16.2. The van der Waals surface area contributed by atoms with Gasteiger partial charge in [0, 0.05) is 29.3 Å². The highest BCUT2D eigenvalue weighted by atomic mass is 32.1. The summed E-state index contributed by atoms with van der Waals surface area (Å²) in [6.07, 6.45) is 4.23. The van der Waals surface area contributed by atoms with Crippen molar-refractivity contribution in [1.29, 1.82) is 0 Å². The first kappa shape index (κ1) is 19.0. The molecule has 4 aromatic rings. The Hall–Kier alpha value is -3.32. The minimum Gasteiger partial charge on any atom is -0.344 e. The quantitative estimate of drug-likeness (QED) is 0.526. The van der Waals surface area contributed by atoms with Gasteiger partial charge in [0.05, 0.1) is 17.2 Å². The highest BCUT2D eigenvalue weighted by molar-refractivity contribution is 7.09. The van der Waals surface area contributed by atoms with Gasteiger partial charge in [0.1, 0.15) is 5.69 Å². The molecule has 1 amide bonds. The van der Waals surface area contributed by atoms with E-state index in [1.54, 1.807) is 17.1 Å². The Bertz CT molecular complexity index is 1100. The van der Waals surface area contributed by atoms with Crippen LogP contribution < -0.4 is 5.32 Å². The third-order valence-electron chi connectivity index (χ3n) is 4.71. The molecule has 1 N–H and O–H groups in total. The Kier molecular flexibility index (Phi) is 5.48. The van der Waals surface area contributed by atoms with Crippen molar-refractivity contribution in [3.63, 3.8) is 0 Å². The van der Waals surface area contributed by atoms with Crippen molar-refractivity contribution in [2.45, 2.75) is 26.3 Å². The van der Waals surface area contributed by atoms with Crippen molar-refractivity contribution in [3.05, 3.63) is 93.8 Å². The zero-order chi connectivity index (χ0) is 20.2. The van der Waals surface area contributed by atoms with Crippen molar-refractivity contribution >= 4 is 17.2 Å². The Morgan fingerprint density at radius 1 is 1.17 bits per heavy atom. The number of hydrogen-bond acceptors (Lipinski definition) is 5. The number of carbonyl (C=O) groups excluding carboxylic acids is 1. The minimum absolute atomic E-state index is 0.182. The van der Waals surface area contributed by atoms with Gasteiger partial charge in [-0.05, 0) is 31.5 Å². The molecule has 7 heteroatoms. The molecule has 1 atom stereocenters. The summed E-state index contributed by atoms with van der Waals surface area (Å²) in [4.78, 5) is 21.5. The number of nitrogens with one attached hydrogen (secondary N) is 1. The van der Waals surface area contributed by atoms with Crippen molar-refractivity contribution in [2.24, 2.45) is 0 Å². The van der Waals surface area contributed by atoms with E-state index in [1.165, 1.54) is 16.9 Å². The summed E-state index contributed by atoms with van der Waals surface area (Å²) in [5, 5.41) is 10.2. The van der Waals surface area contributed by atoms with Gasteiger partial charge in [-0.25, -0.2) is 14.6 Å². The normalized spacial score (nSPS) is 11.9. The average Bonchev–Trinajstić information content (AvgIpc) is 3.36. The zero-order valence-corrected chi connectivity index (χ0v) is 17.1. The smallest absolute Gasteiger partial charge is 0.271 e. The average molecular weight is 404 g/mol. The Morgan fingerprint density at radius 3 is 2.72 bits per heavy atom. The predicted octanol–water partition coefficient (Wildman–Crippen LogP) is 4.11. The number of aromatic nitrogens is 4. The monoisotopic (exact) mass is 403 g/mol. The van der Waals surface area contributed by atoms with Crippen molar-refractivity contribution < 1.29 is 4.79 Å². The summed E-state index contributed by atoms with van der Waals surface area (Å²) in [5.74, 6) is 0.567. The van der Waals surface area contributed by atoms with Gasteiger partial charge in [-0.3, -0.25) is 4.79 Å². The van der Waals surface area contributed by atoms with Crippen LogP contribution in [0.1, 0.15) is 45.3 Å². The molecule has 3 aromatic heterocycles. The van der Waals surface area contributed by atoms with Crippen molar-refractivity contribution in [3.8, 4) is 5.82 Å². The second-order valence-electron chi connectivity index (χ2n) is 6.77. The number of pyridine rings is 1. The van der Waals surface area contributed by atoms with Gasteiger partial charge in [0.15, 0.2) is 5.82 Å². The topological polar surface area (TPSA) is 72.7 Å². The molecule has 3 heterocycles. The molecule has 0 spiro atoms. The number of carbonyl (C=O) groups is 1. The second kappa shape index (κ2) is 8.36. The van der Waals surface area contributed by atoms with E-state index in [4.69, 9.17) is 0 Å². The maximum Gasteiger partial charge on any atom is 0.271 e. The molecule has 0 fully saturated rings. The first-order valence-corrected chi connectivity index (χ1v) is 10.2. The number of thiazole rings is 1. The Labute approximate surface area is 173 Å². The molecule has 146 valence electrons. The predicted molar refractivity (Wildman–Crippen MR) is 113 cm³/mol. The van der Waals surface area contributed by atoms with Crippen LogP contribution in [0.25, 0.3) is 5.82 Å². The fourth-order valence-electron chi connectivity index (χ4n) is 3.17. The van der Waals surface area contributed by atoms with E-state index in [1.807, 2.05) is 55.6 Å². The second-order valence-corrected chi connectivity index (χ2v) is 7.71. The molecule has 0 saturated carbocycles. The maximum absolute atomic E-state index is 12.7. The summed E-state index contributed by atoms with van der Waals surface area (Å²) in [6.45, 7) is 3.92. The molecule has 1 unspecified atom stereocenters. The first-order chi connectivity index (χ1) is 14.1. The molecule has 0 aliphatic heterocycles. The molecule has 4 rings (SSSR count). The summed E-state index contributed by atoms with van der Waals surface area (Å²) < 4.78 is 1.78. The van der Waals surface area contributed by atoms with Crippen LogP contribution >= 0.6 is 11.3 Å². The number of rotatable bonds is 6. The lowest BCUT2D eigenvalue weighted by molar-refractivity contribution is 0.0935. The molecule has 0 saturated heterocycles. The first-order valence-electron chi connectivity index (χ1n) is 9.37. The van der Waals surface area contributed by atoms with Gasteiger partial charge in [0.25, 0.3) is 5.91 Å². The fraction of sp³-hybridized carbons (Fsp3) is 0.182. The van der Waals surface area contributed by atoms with E-state index in [2.05, 4.69) is 32.5 Å². The summed E-state index contributed by atoms with van der Waals surface area (Å²) in [6, 6.07) is 15.6. The van der Waals surface area contributed by atoms with Crippen LogP contribution in [0.5, 0.6) is 0 Å². The lowest BCUT2D eigenvalue weighted by atomic mass is 10.1. The third-order valence-corrected chi connectivity index (χ3v) is 5.56. The Morgan fingerprint density at radius 2 is 1.97 bits per heavy atom. The summed E-state index contributed by atoms with van der Waals surface area (Å²) >= 11 is 1.50. The van der Waals surface area contributed by atoms with Crippen LogP contribution in [0.4, 0.5) is 0 Å². The highest BCUT2D eigenvalue weighted by Crippen LogP contribution is 2.20. The largest absolute Gasteiger partial charge is 0.344 e. The van der Waals surface area contributed by atoms with E-state index in [0.29, 0.717) is 5.69 Å². The number of benzene rings is 1. The van der Waals surface area contributed by atoms with Gasteiger partial charge >= 0.3 is 0 Å². The van der Waals surface area contributed by atoms with Crippen LogP contribution in [0.3, 0.4) is 0 Å². The molecule has 0 aliphatic rings. The number of hydrogen-bond donors (Lipinski definition) is 1. The standard InChI is InChI=1S/C22H21N5OS/c1-15(18-13-24-27(16(18)2)20-10-6-7-11-23-20)25-22(28)19-14-29-21(26-19)12-17-8-4-3-5-9-17/h3-11,13-15H,12H2,1-2H3,(H,25,28). The van der Waals surface area contributed by atoms with E-state index in [9.17, 15) is 4.79 Å². The molecule has 6 nitrogen and oxygen atoms in total. The maximum atomic E-state index is 12.7. The van der Waals surface area contributed by atoms with E-state index >= 15 is 0 Å². The lowest BCUT2D eigenvalue weighted by Gasteiger charge is -2.13. The molecule has 0 bridgehead atoms. The minimum atomic E-state index is -0.195. The third kappa shape index (κ3) is 4.25. The molecule has 0 radical (unpaired) electrons. The molecule has 1 aromatic carbocycles. The Balaban J connectivity index is 1.45. The van der Waals surface area contributed by atoms with Gasteiger partial charge in [-0.2, -0.15) is 5.10 Å². The lowest BCUT2D eigenvalue weighted by Crippen LogP contribution is -2.27. The molecule has 0 aliphatic carbocycles. The number of nitrogens with zero attached hydrogens (tertiary/aromatic N) is 4. The van der Waals surface area contributed by atoms with Crippen LogP contribution in [0.2, 0.25) is 0 Å². The van der Waals surface area contributed by atoms with Gasteiger partial charge < -0.3 is 5.32 Å². The van der Waals surface area contributed by atoms with Crippen LogP contribution in [-0.2, 0) is 6.42 Å². The number of amides is 1. The molecular weight excluding hydrogens is 382 g/mol. The van der Waals surface area contributed by atoms with E-state index in [-0.39, 0.29) is 11.9 Å². The van der Waals surface area contributed by atoms with E-state index in [0.717, 1.165) is 28.5 Å². The summed E-state index contributed by atoms with van der Waals surface area (Å²) in [5.41, 5.74) is 3.52.